The molecule has 0 bridgehead atoms. The lowest BCUT2D eigenvalue weighted by Gasteiger charge is -2.45. The number of piperidine rings is 1. The van der Waals surface area contributed by atoms with Gasteiger partial charge in [-0.2, -0.15) is 0 Å². The minimum atomic E-state index is -0.425. The fourth-order valence-electron chi connectivity index (χ4n) is 4.41. The van der Waals surface area contributed by atoms with E-state index in [9.17, 15) is 9.59 Å². The van der Waals surface area contributed by atoms with Gasteiger partial charge in [-0.25, -0.2) is 4.79 Å². The number of aromatic nitrogens is 1. The highest BCUT2D eigenvalue weighted by Gasteiger charge is 2.43. The fraction of sp³-hybridized carbons (Fsp3) is 0.571. The average molecular weight is 421 g/mol. The highest BCUT2D eigenvalue weighted by molar-refractivity contribution is 7.12. The summed E-state index contributed by atoms with van der Waals surface area (Å²) in [6.45, 7) is 8.37. The maximum Gasteiger partial charge on any atom is 0.350 e. The number of anilines is 1. The molecule has 0 aliphatic carbocycles. The van der Waals surface area contributed by atoms with Gasteiger partial charge in [0.05, 0.1) is 25.9 Å². The van der Waals surface area contributed by atoms with Gasteiger partial charge in [-0.05, 0) is 44.1 Å². The Hall–Kier alpha value is -2.19. The molecule has 1 N–H and O–H groups in total. The number of carbonyl (C=O) groups is 2. The summed E-state index contributed by atoms with van der Waals surface area (Å²) in [4.78, 5) is 26.0. The normalized spacial score (nSPS) is 17.0. The fourth-order valence-corrected chi connectivity index (χ4v) is 5.33. The molecule has 1 unspecified atom stereocenters. The number of likely N-dealkylation sites (tertiary alicyclic amines) is 1. The van der Waals surface area contributed by atoms with Gasteiger partial charge in [0.2, 0.25) is 0 Å². The highest BCUT2D eigenvalue weighted by Crippen LogP contribution is 2.32. The van der Waals surface area contributed by atoms with Crippen molar-refractivity contribution < 1.29 is 23.3 Å². The number of hydrogen-bond donors (Lipinski definition) is 1. The molecular weight excluding hydrogens is 390 g/mol. The molecule has 0 spiro atoms. The van der Waals surface area contributed by atoms with Gasteiger partial charge >= 0.3 is 5.97 Å². The molecule has 158 valence electrons. The predicted octanol–water partition coefficient (Wildman–Crippen LogP) is 4.06. The van der Waals surface area contributed by atoms with Gasteiger partial charge < -0.3 is 19.1 Å². The molecule has 1 aliphatic rings. The number of carbonyl (C=O) groups excluding carboxylic acids is 2. The van der Waals surface area contributed by atoms with Crippen LogP contribution >= 0.6 is 11.3 Å². The van der Waals surface area contributed by atoms with Crippen LogP contribution in [-0.2, 0) is 16.1 Å². The van der Waals surface area contributed by atoms with Crippen LogP contribution in [0.4, 0.5) is 5.69 Å². The van der Waals surface area contributed by atoms with Gasteiger partial charge in [0.1, 0.15) is 22.9 Å². The first kappa shape index (κ1) is 21.5. The zero-order chi connectivity index (χ0) is 21.0. The van der Waals surface area contributed by atoms with E-state index in [1.54, 1.807) is 0 Å². The maximum absolute atomic E-state index is 13.4. The Morgan fingerprint density at radius 1 is 1.31 bits per heavy atom. The average Bonchev–Trinajstić information content (AvgIpc) is 3.28. The first-order valence-corrected chi connectivity index (χ1v) is 11.0. The van der Waals surface area contributed by atoms with Crippen LogP contribution in [0.25, 0.3) is 0 Å². The summed E-state index contributed by atoms with van der Waals surface area (Å²) in [5.41, 5.74) is 2.33. The molecule has 0 radical (unpaired) electrons. The Bertz CT molecular complexity index is 867. The number of nitrogens with one attached hydrogen (secondary N) is 1. The molecule has 1 fully saturated rings. The summed E-state index contributed by atoms with van der Waals surface area (Å²) in [5.74, 6) is 0.303. The number of esters is 1. The number of thiophene rings is 1. The van der Waals surface area contributed by atoms with E-state index in [4.69, 9.17) is 9.26 Å². The van der Waals surface area contributed by atoms with Crippen LogP contribution in [0, 0.1) is 13.8 Å². The van der Waals surface area contributed by atoms with E-state index >= 15 is 0 Å². The Morgan fingerprint density at radius 2 is 2.03 bits per heavy atom. The van der Waals surface area contributed by atoms with Crippen LogP contribution in [-0.4, -0.2) is 47.8 Å². The zero-order valence-electron chi connectivity index (χ0n) is 17.6. The summed E-state index contributed by atoms with van der Waals surface area (Å²) >= 11 is 1.29. The maximum atomic E-state index is 13.4. The lowest BCUT2D eigenvalue weighted by Crippen LogP contribution is -2.61. The lowest BCUT2D eigenvalue weighted by molar-refractivity contribution is -0.959. The molecule has 1 amide bonds. The third-order valence-corrected chi connectivity index (χ3v) is 6.88. The predicted molar refractivity (Wildman–Crippen MR) is 112 cm³/mol. The van der Waals surface area contributed by atoms with Crippen molar-refractivity contribution in [2.45, 2.75) is 59.0 Å². The number of quaternary nitrogens is 1. The van der Waals surface area contributed by atoms with Crippen LogP contribution in [0.15, 0.2) is 16.0 Å². The van der Waals surface area contributed by atoms with Crippen LogP contribution < -0.4 is 5.32 Å². The van der Waals surface area contributed by atoms with Gasteiger partial charge in [-0.1, -0.05) is 12.1 Å². The standard InChI is InChI=1S/C21H29N3O4S/c1-5-17(20(25)22-18-14(2)13-29-19(18)21(26)27-4)24(9-7-6-8-10-24)12-16-11-15(3)28-23-16/h11,13,17H,5-10,12H2,1-4H3/p+1. The molecule has 3 rings (SSSR count). The van der Waals surface area contributed by atoms with Gasteiger partial charge in [0, 0.05) is 12.5 Å². The minimum Gasteiger partial charge on any atom is -0.465 e. The van der Waals surface area contributed by atoms with E-state index in [-0.39, 0.29) is 11.9 Å². The molecule has 3 heterocycles. The van der Waals surface area contributed by atoms with Crippen LogP contribution in [0.1, 0.15) is 59.3 Å². The van der Waals surface area contributed by atoms with Crippen LogP contribution in [0.3, 0.4) is 0 Å². The third kappa shape index (κ3) is 4.53. The van der Waals surface area contributed by atoms with Crippen molar-refractivity contribution in [2.75, 3.05) is 25.5 Å². The molecule has 1 atom stereocenters. The van der Waals surface area contributed by atoms with Crippen molar-refractivity contribution in [2.24, 2.45) is 0 Å². The van der Waals surface area contributed by atoms with Crippen molar-refractivity contribution in [1.82, 2.24) is 5.16 Å². The molecule has 7 nitrogen and oxygen atoms in total. The van der Waals surface area contributed by atoms with E-state index in [1.165, 1.54) is 24.9 Å². The SMILES string of the molecule is CCC(C(=O)Nc1c(C)csc1C(=O)OC)[N+]1(Cc2cc(C)on2)CCCCC1. The summed E-state index contributed by atoms with van der Waals surface area (Å²) in [6.07, 6.45) is 4.07. The van der Waals surface area contributed by atoms with Crippen molar-refractivity contribution in [3.63, 3.8) is 0 Å². The van der Waals surface area contributed by atoms with E-state index in [0.29, 0.717) is 28.0 Å². The van der Waals surface area contributed by atoms with E-state index in [1.807, 2.05) is 25.3 Å². The summed E-state index contributed by atoms with van der Waals surface area (Å²) < 4.78 is 10.8. The van der Waals surface area contributed by atoms with Crippen molar-refractivity contribution in [3.05, 3.63) is 33.3 Å². The first-order chi connectivity index (χ1) is 13.9. The van der Waals surface area contributed by atoms with Crippen molar-refractivity contribution >= 4 is 28.9 Å². The number of aryl methyl sites for hydroxylation is 2. The molecule has 1 saturated heterocycles. The van der Waals surface area contributed by atoms with Crippen molar-refractivity contribution in [3.8, 4) is 0 Å². The molecule has 2 aromatic rings. The molecular formula is C21H30N3O4S+. The second-order valence-electron chi connectivity index (χ2n) is 7.84. The number of amides is 1. The van der Waals surface area contributed by atoms with E-state index < -0.39 is 5.97 Å². The number of nitrogens with zero attached hydrogens (tertiary/aromatic N) is 2. The Balaban J connectivity index is 1.88. The molecule has 0 aromatic carbocycles. The highest BCUT2D eigenvalue weighted by atomic mass is 32.1. The van der Waals surface area contributed by atoms with Crippen LogP contribution in [0.5, 0.6) is 0 Å². The Kier molecular flexibility index (Phi) is 6.74. The topological polar surface area (TPSA) is 81.4 Å². The summed E-state index contributed by atoms with van der Waals surface area (Å²) in [5, 5.41) is 9.10. The third-order valence-electron chi connectivity index (χ3n) is 5.80. The van der Waals surface area contributed by atoms with Gasteiger partial charge in [-0.15, -0.1) is 11.3 Å². The summed E-state index contributed by atoms with van der Waals surface area (Å²) in [6, 6.07) is 1.73. The quantitative estimate of drug-likeness (QED) is 0.540. The Morgan fingerprint density at radius 3 is 2.62 bits per heavy atom. The molecule has 29 heavy (non-hydrogen) atoms. The lowest BCUT2D eigenvalue weighted by atomic mass is 9.99. The second kappa shape index (κ2) is 9.09. The van der Waals surface area contributed by atoms with E-state index in [2.05, 4.69) is 17.4 Å². The van der Waals surface area contributed by atoms with Crippen molar-refractivity contribution in [1.29, 1.82) is 0 Å². The molecule has 0 saturated carbocycles. The number of hydrogen-bond acceptors (Lipinski definition) is 6. The largest absolute Gasteiger partial charge is 0.465 e. The van der Waals surface area contributed by atoms with Gasteiger partial charge in [0.15, 0.2) is 6.04 Å². The monoisotopic (exact) mass is 420 g/mol. The van der Waals surface area contributed by atoms with E-state index in [0.717, 1.165) is 42.9 Å². The van der Waals surface area contributed by atoms with Crippen LogP contribution in [0.2, 0.25) is 0 Å². The Labute approximate surface area is 175 Å². The smallest absolute Gasteiger partial charge is 0.350 e. The number of rotatable bonds is 7. The van der Waals surface area contributed by atoms with Gasteiger partial charge in [-0.3, -0.25) is 4.79 Å². The first-order valence-electron chi connectivity index (χ1n) is 10.2. The number of methoxy groups -OCH3 is 1. The van der Waals surface area contributed by atoms with Gasteiger partial charge in [0.25, 0.3) is 5.91 Å². The molecule has 2 aromatic heterocycles. The molecule has 8 heteroatoms. The second-order valence-corrected chi connectivity index (χ2v) is 8.72. The zero-order valence-corrected chi connectivity index (χ0v) is 18.4. The molecule has 1 aliphatic heterocycles. The minimum absolute atomic E-state index is 0.0544. The number of ether oxygens (including phenoxy) is 1. The summed E-state index contributed by atoms with van der Waals surface area (Å²) in [7, 11) is 1.35.